The van der Waals surface area contributed by atoms with E-state index in [4.69, 9.17) is 9.47 Å². The zero-order valence-electron chi connectivity index (χ0n) is 12.9. The number of methoxy groups -OCH3 is 1. The highest BCUT2D eigenvalue weighted by molar-refractivity contribution is 5.34. The Morgan fingerprint density at radius 2 is 1.90 bits per heavy atom. The molecule has 0 spiro atoms. The average Bonchev–Trinajstić information content (AvgIpc) is 2.54. The Hall–Kier alpha value is -2.00. The van der Waals surface area contributed by atoms with Crippen LogP contribution in [0.3, 0.4) is 0 Å². The molecule has 2 rings (SSSR count). The number of rotatable bonds is 7. The van der Waals surface area contributed by atoms with Crippen LogP contribution >= 0.6 is 0 Å². The number of ether oxygens (including phenoxy) is 2. The molecule has 2 aromatic carbocycles. The molecule has 1 N–H and O–H groups in total. The van der Waals surface area contributed by atoms with Crippen molar-refractivity contribution in [3.63, 3.8) is 0 Å². The summed E-state index contributed by atoms with van der Waals surface area (Å²) in [5.74, 6) is 1.83. The number of nitrogens with one attached hydrogen (secondary N) is 1. The summed E-state index contributed by atoms with van der Waals surface area (Å²) in [6.45, 7) is 5.61. The molecule has 3 nitrogen and oxygen atoms in total. The fourth-order valence-corrected chi connectivity index (χ4v) is 2.24. The topological polar surface area (TPSA) is 30.5 Å². The number of para-hydroxylation sites is 1. The average molecular weight is 285 g/mol. The van der Waals surface area contributed by atoms with Crippen molar-refractivity contribution in [3.8, 4) is 11.5 Å². The predicted molar refractivity (Wildman–Crippen MR) is 85.9 cm³/mol. The molecule has 0 aliphatic heterocycles. The molecule has 0 amide bonds. The lowest BCUT2D eigenvalue weighted by Crippen LogP contribution is -2.18. The Labute approximate surface area is 126 Å². The van der Waals surface area contributed by atoms with Gasteiger partial charge in [0.2, 0.25) is 0 Å². The maximum Gasteiger partial charge on any atom is 0.123 e. The highest BCUT2D eigenvalue weighted by Gasteiger charge is 2.08. The van der Waals surface area contributed by atoms with Crippen LogP contribution in [0.5, 0.6) is 11.5 Å². The van der Waals surface area contributed by atoms with Gasteiger partial charge in [0.05, 0.1) is 13.7 Å². The summed E-state index contributed by atoms with van der Waals surface area (Å²) in [6.07, 6.45) is 0. The van der Waals surface area contributed by atoms with E-state index < -0.39 is 0 Å². The third-order valence-electron chi connectivity index (χ3n) is 3.46. The highest BCUT2D eigenvalue weighted by Crippen LogP contribution is 2.21. The molecule has 0 unspecified atom stereocenters. The zero-order valence-corrected chi connectivity index (χ0v) is 12.9. The summed E-state index contributed by atoms with van der Waals surface area (Å²) in [6, 6.07) is 16.5. The molecule has 0 radical (unpaired) electrons. The minimum atomic E-state index is 0.245. The minimum Gasteiger partial charge on any atom is -0.497 e. The molecular formula is C18H23NO2. The Morgan fingerprint density at radius 1 is 1.10 bits per heavy atom. The van der Waals surface area contributed by atoms with Gasteiger partial charge in [0, 0.05) is 18.2 Å². The van der Waals surface area contributed by atoms with Crippen molar-refractivity contribution in [2.45, 2.75) is 26.4 Å². The van der Waals surface area contributed by atoms with Gasteiger partial charge in [-0.3, -0.25) is 0 Å². The number of hydrogen-bond donors (Lipinski definition) is 1. The van der Waals surface area contributed by atoms with Crippen LogP contribution in [0.25, 0.3) is 0 Å². The van der Waals surface area contributed by atoms with Gasteiger partial charge in [-0.2, -0.15) is 0 Å². The van der Waals surface area contributed by atoms with Crippen LogP contribution in [0.2, 0.25) is 0 Å². The molecule has 0 bridgehead atoms. The second-order valence-electron chi connectivity index (χ2n) is 4.92. The monoisotopic (exact) mass is 285 g/mol. The van der Waals surface area contributed by atoms with Gasteiger partial charge in [-0.1, -0.05) is 30.3 Å². The van der Waals surface area contributed by atoms with Gasteiger partial charge in [-0.05, 0) is 37.6 Å². The number of hydrogen-bond acceptors (Lipinski definition) is 3. The normalized spacial score (nSPS) is 12.0. The zero-order chi connectivity index (χ0) is 15.1. The Bertz CT molecular complexity index is 569. The third-order valence-corrected chi connectivity index (χ3v) is 3.46. The van der Waals surface area contributed by atoms with E-state index in [0.29, 0.717) is 6.61 Å². The Balaban J connectivity index is 2.02. The van der Waals surface area contributed by atoms with Crippen LogP contribution in [0.15, 0.2) is 48.5 Å². The van der Waals surface area contributed by atoms with E-state index in [0.717, 1.165) is 18.0 Å². The smallest absolute Gasteiger partial charge is 0.123 e. The number of benzene rings is 2. The summed E-state index contributed by atoms with van der Waals surface area (Å²) in [5.41, 5.74) is 2.39. The van der Waals surface area contributed by atoms with Crippen LogP contribution in [0.1, 0.15) is 31.0 Å². The SMILES string of the molecule is CCOc1ccccc1CN[C@H](C)c1cccc(OC)c1. The lowest BCUT2D eigenvalue weighted by molar-refractivity contribution is 0.335. The van der Waals surface area contributed by atoms with Crippen molar-refractivity contribution in [3.05, 3.63) is 59.7 Å². The third kappa shape index (κ3) is 4.23. The summed E-state index contributed by atoms with van der Waals surface area (Å²) in [4.78, 5) is 0. The van der Waals surface area contributed by atoms with Crippen molar-refractivity contribution in [1.29, 1.82) is 0 Å². The largest absolute Gasteiger partial charge is 0.497 e. The first-order valence-corrected chi connectivity index (χ1v) is 7.32. The molecule has 21 heavy (non-hydrogen) atoms. The van der Waals surface area contributed by atoms with Crippen LogP contribution in [0, 0.1) is 0 Å². The first-order valence-electron chi connectivity index (χ1n) is 7.32. The fourth-order valence-electron chi connectivity index (χ4n) is 2.24. The van der Waals surface area contributed by atoms with E-state index in [1.54, 1.807) is 7.11 Å². The molecule has 0 aliphatic carbocycles. The second kappa shape index (κ2) is 7.70. The molecule has 0 aromatic heterocycles. The van der Waals surface area contributed by atoms with Gasteiger partial charge in [-0.25, -0.2) is 0 Å². The molecule has 2 aromatic rings. The van der Waals surface area contributed by atoms with Crippen LogP contribution in [0.4, 0.5) is 0 Å². The van der Waals surface area contributed by atoms with E-state index in [9.17, 15) is 0 Å². The standard InChI is InChI=1S/C18H23NO2/c1-4-21-18-11-6-5-8-16(18)13-19-14(2)15-9-7-10-17(12-15)20-3/h5-12,14,19H,4,13H2,1-3H3/t14-/m1/s1. The molecule has 0 saturated heterocycles. The fraction of sp³-hybridized carbons (Fsp3) is 0.333. The van der Waals surface area contributed by atoms with Gasteiger partial charge in [0.25, 0.3) is 0 Å². The summed E-state index contributed by atoms with van der Waals surface area (Å²) in [5, 5.41) is 3.53. The van der Waals surface area contributed by atoms with Gasteiger partial charge in [0.1, 0.15) is 11.5 Å². The van der Waals surface area contributed by atoms with Crippen molar-refractivity contribution in [1.82, 2.24) is 5.32 Å². The maximum atomic E-state index is 5.65. The lowest BCUT2D eigenvalue weighted by Gasteiger charge is -2.17. The lowest BCUT2D eigenvalue weighted by atomic mass is 10.1. The van der Waals surface area contributed by atoms with Crippen molar-refractivity contribution in [2.24, 2.45) is 0 Å². The molecule has 3 heteroatoms. The summed E-state index contributed by atoms with van der Waals surface area (Å²) >= 11 is 0. The molecule has 0 saturated carbocycles. The molecule has 1 atom stereocenters. The molecule has 0 fully saturated rings. The summed E-state index contributed by atoms with van der Waals surface area (Å²) in [7, 11) is 1.69. The van der Waals surface area contributed by atoms with E-state index >= 15 is 0 Å². The van der Waals surface area contributed by atoms with Gasteiger partial charge >= 0.3 is 0 Å². The van der Waals surface area contributed by atoms with Crippen LogP contribution < -0.4 is 14.8 Å². The van der Waals surface area contributed by atoms with Crippen LogP contribution in [-0.4, -0.2) is 13.7 Å². The second-order valence-corrected chi connectivity index (χ2v) is 4.92. The van der Waals surface area contributed by atoms with Crippen molar-refractivity contribution in [2.75, 3.05) is 13.7 Å². The van der Waals surface area contributed by atoms with Crippen molar-refractivity contribution < 1.29 is 9.47 Å². The molecule has 0 heterocycles. The molecule has 0 aliphatic rings. The Kier molecular flexibility index (Phi) is 5.64. The van der Waals surface area contributed by atoms with E-state index in [2.05, 4.69) is 30.4 Å². The van der Waals surface area contributed by atoms with E-state index in [1.807, 2.05) is 37.3 Å². The summed E-state index contributed by atoms with van der Waals surface area (Å²) < 4.78 is 10.9. The maximum absolute atomic E-state index is 5.65. The molecular weight excluding hydrogens is 262 g/mol. The van der Waals surface area contributed by atoms with Gasteiger partial charge in [-0.15, -0.1) is 0 Å². The Morgan fingerprint density at radius 3 is 2.67 bits per heavy atom. The van der Waals surface area contributed by atoms with Gasteiger partial charge < -0.3 is 14.8 Å². The van der Waals surface area contributed by atoms with Crippen LogP contribution in [-0.2, 0) is 6.54 Å². The molecule has 112 valence electrons. The quantitative estimate of drug-likeness (QED) is 0.835. The first kappa shape index (κ1) is 15.4. The predicted octanol–water partition coefficient (Wildman–Crippen LogP) is 3.94. The van der Waals surface area contributed by atoms with E-state index in [-0.39, 0.29) is 6.04 Å². The van der Waals surface area contributed by atoms with Gasteiger partial charge in [0.15, 0.2) is 0 Å². The highest BCUT2D eigenvalue weighted by atomic mass is 16.5. The minimum absolute atomic E-state index is 0.245. The van der Waals surface area contributed by atoms with E-state index in [1.165, 1.54) is 11.1 Å². The van der Waals surface area contributed by atoms with Crippen molar-refractivity contribution >= 4 is 0 Å². The first-order chi connectivity index (χ1) is 10.2.